The van der Waals surface area contributed by atoms with E-state index in [1.165, 1.54) is 0 Å². The van der Waals surface area contributed by atoms with Gasteiger partial charge in [-0.15, -0.1) is 0 Å². The minimum atomic E-state index is 0.440. The number of hydrogen-bond donors (Lipinski definition) is 1. The molecule has 0 aliphatic heterocycles. The van der Waals surface area contributed by atoms with Crippen molar-refractivity contribution in [2.24, 2.45) is 5.73 Å². The molecule has 2 aromatic carbocycles. The Bertz CT molecular complexity index is 736. The highest BCUT2D eigenvalue weighted by atomic mass is 35.5. The number of fused-ring (bicyclic) bond motifs is 1. The summed E-state index contributed by atoms with van der Waals surface area (Å²) < 4.78 is 11.3. The predicted octanol–water partition coefficient (Wildman–Crippen LogP) is 4.12. The van der Waals surface area contributed by atoms with Crippen LogP contribution in [-0.2, 0) is 13.2 Å². The maximum absolute atomic E-state index is 5.92. The fourth-order valence-corrected chi connectivity index (χ4v) is 2.26. The average Bonchev–Trinajstić information content (AvgIpc) is 2.87. The summed E-state index contributed by atoms with van der Waals surface area (Å²) >= 11 is 5.92. The predicted molar refractivity (Wildman–Crippen MR) is 79.9 cm³/mol. The van der Waals surface area contributed by atoms with E-state index in [9.17, 15) is 0 Å². The number of hydrogen-bond acceptors (Lipinski definition) is 3. The smallest absolute Gasteiger partial charge is 0.134 e. The summed E-state index contributed by atoms with van der Waals surface area (Å²) in [5, 5.41) is 1.70. The van der Waals surface area contributed by atoms with Crippen molar-refractivity contribution in [1.29, 1.82) is 0 Å². The fourth-order valence-electron chi connectivity index (χ4n) is 2.08. The summed E-state index contributed by atoms with van der Waals surface area (Å²) in [6.07, 6.45) is 1.72. The lowest BCUT2D eigenvalue weighted by Gasteiger charge is -2.05. The molecule has 0 saturated carbocycles. The third kappa shape index (κ3) is 2.64. The van der Waals surface area contributed by atoms with Crippen LogP contribution in [0.3, 0.4) is 0 Å². The summed E-state index contributed by atoms with van der Waals surface area (Å²) in [5.41, 5.74) is 8.50. The standard InChI is InChI=1S/C16H14ClNO2/c17-13-2-1-3-14(7-13)19-9-12-10-20-16-6-11(8-18)4-5-15(12)16/h1-7,10H,8-9,18H2. The van der Waals surface area contributed by atoms with Crippen LogP contribution in [-0.4, -0.2) is 0 Å². The zero-order valence-corrected chi connectivity index (χ0v) is 11.6. The Hall–Kier alpha value is -1.97. The van der Waals surface area contributed by atoms with E-state index in [4.69, 9.17) is 26.5 Å². The van der Waals surface area contributed by atoms with Gasteiger partial charge in [0.25, 0.3) is 0 Å². The quantitative estimate of drug-likeness (QED) is 0.785. The Morgan fingerprint density at radius 3 is 2.85 bits per heavy atom. The molecule has 0 amide bonds. The van der Waals surface area contributed by atoms with Gasteiger partial charge in [0.1, 0.15) is 17.9 Å². The van der Waals surface area contributed by atoms with Crippen molar-refractivity contribution < 1.29 is 9.15 Å². The van der Waals surface area contributed by atoms with E-state index in [0.717, 1.165) is 27.8 Å². The molecule has 0 radical (unpaired) electrons. The Balaban J connectivity index is 1.81. The molecule has 0 bridgehead atoms. The van der Waals surface area contributed by atoms with Crippen molar-refractivity contribution in [1.82, 2.24) is 0 Å². The van der Waals surface area contributed by atoms with Gasteiger partial charge >= 0.3 is 0 Å². The van der Waals surface area contributed by atoms with Crippen LogP contribution in [0.5, 0.6) is 5.75 Å². The minimum Gasteiger partial charge on any atom is -0.489 e. The Labute approximate surface area is 121 Å². The fraction of sp³-hybridized carbons (Fsp3) is 0.125. The zero-order chi connectivity index (χ0) is 13.9. The first-order valence-corrected chi connectivity index (χ1v) is 6.71. The molecule has 0 fully saturated rings. The number of ether oxygens (including phenoxy) is 1. The Morgan fingerprint density at radius 2 is 2.05 bits per heavy atom. The Morgan fingerprint density at radius 1 is 1.15 bits per heavy atom. The molecule has 3 rings (SSSR count). The van der Waals surface area contributed by atoms with Gasteiger partial charge in [0.15, 0.2) is 0 Å². The summed E-state index contributed by atoms with van der Waals surface area (Å²) in [5.74, 6) is 0.741. The van der Waals surface area contributed by atoms with Gasteiger partial charge in [0, 0.05) is 22.5 Å². The zero-order valence-electron chi connectivity index (χ0n) is 10.8. The lowest BCUT2D eigenvalue weighted by molar-refractivity contribution is 0.306. The lowest BCUT2D eigenvalue weighted by Crippen LogP contribution is -1.96. The first-order valence-electron chi connectivity index (χ1n) is 6.34. The number of rotatable bonds is 4. The second-order valence-corrected chi connectivity index (χ2v) is 4.98. The summed E-state index contributed by atoms with van der Waals surface area (Å²) in [6.45, 7) is 0.945. The van der Waals surface area contributed by atoms with Crippen molar-refractivity contribution in [3.8, 4) is 5.75 Å². The van der Waals surface area contributed by atoms with Crippen molar-refractivity contribution in [2.75, 3.05) is 0 Å². The van der Waals surface area contributed by atoms with Gasteiger partial charge in [-0.05, 0) is 29.8 Å². The van der Waals surface area contributed by atoms with Gasteiger partial charge in [0.2, 0.25) is 0 Å². The van der Waals surface area contributed by atoms with Crippen LogP contribution in [0.4, 0.5) is 0 Å². The number of halogens is 1. The molecular weight excluding hydrogens is 274 g/mol. The van der Waals surface area contributed by atoms with E-state index < -0.39 is 0 Å². The van der Waals surface area contributed by atoms with E-state index in [1.54, 1.807) is 12.3 Å². The summed E-state index contributed by atoms with van der Waals surface area (Å²) in [7, 11) is 0. The monoisotopic (exact) mass is 287 g/mol. The molecule has 3 aromatic rings. The van der Waals surface area contributed by atoms with Crippen molar-refractivity contribution in [3.05, 3.63) is 64.9 Å². The number of furan rings is 1. The normalized spacial score (nSPS) is 10.9. The molecule has 1 aromatic heterocycles. The topological polar surface area (TPSA) is 48.4 Å². The van der Waals surface area contributed by atoms with Crippen LogP contribution in [0.25, 0.3) is 11.0 Å². The molecule has 1 heterocycles. The highest BCUT2D eigenvalue weighted by Crippen LogP contribution is 2.24. The van der Waals surface area contributed by atoms with Gasteiger partial charge < -0.3 is 14.9 Å². The lowest BCUT2D eigenvalue weighted by atomic mass is 10.1. The van der Waals surface area contributed by atoms with Crippen molar-refractivity contribution in [3.63, 3.8) is 0 Å². The van der Waals surface area contributed by atoms with E-state index >= 15 is 0 Å². The second-order valence-electron chi connectivity index (χ2n) is 4.54. The minimum absolute atomic E-state index is 0.440. The third-order valence-electron chi connectivity index (χ3n) is 3.15. The second kappa shape index (κ2) is 5.57. The van der Waals surface area contributed by atoms with E-state index in [0.29, 0.717) is 18.2 Å². The van der Waals surface area contributed by atoms with Gasteiger partial charge in [-0.2, -0.15) is 0 Å². The van der Waals surface area contributed by atoms with Gasteiger partial charge in [-0.1, -0.05) is 29.8 Å². The number of benzene rings is 2. The highest BCUT2D eigenvalue weighted by Gasteiger charge is 2.07. The van der Waals surface area contributed by atoms with Crippen molar-refractivity contribution in [2.45, 2.75) is 13.2 Å². The SMILES string of the molecule is NCc1ccc2c(COc3cccc(Cl)c3)coc2c1. The Kier molecular flexibility index (Phi) is 3.63. The molecule has 2 N–H and O–H groups in total. The van der Waals surface area contributed by atoms with E-state index in [1.807, 2.05) is 36.4 Å². The van der Waals surface area contributed by atoms with Crippen LogP contribution >= 0.6 is 11.6 Å². The molecule has 0 aliphatic rings. The first-order chi connectivity index (χ1) is 9.76. The van der Waals surface area contributed by atoms with Crippen LogP contribution in [0.1, 0.15) is 11.1 Å². The van der Waals surface area contributed by atoms with E-state index in [2.05, 4.69) is 0 Å². The maximum Gasteiger partial charge on any atom is 0.134 e. The average molecular weight is 288 g/mol. The molecule has 20 heavy (non-hydrogen) atoms. The van der Waals surface area contributed by atoms with Crippen LogP contribution in [0.2, 0.25) is 5.02 Å². The molecule has 0 spiro atoms. The summed E-state index contributed by atoms with van der Waals surface area (Å²) in [6, 6.07) is 13.3. The molecule has 0 unspecified atom stereocenters. The molecule has 0 saturated heterocycles. The van der Waals surface area contributed by atoms with Crippen LogP contribution in [0, 0.1) is 0 Å². The van der Waals surface area contributed by atoms with Crippen molar-refractivity contribution >= 4 is 22.6 Å². The maximum atomic E-state index is 5.92. The third-order valence-corrected chi connectivity index (χ3v) is 3.38. The number of nitrogens with two attached hydrogens (primary N) is 1. The first kappa shape index (κ1) is 13.0. The largest absolute Gasteiger partial charge is 0.489 e. The highest BCUT2D eigenvalue weighted by molar-refractivity contribution is 6.30. The molecular formula is C16H14ClNO2. The van der Waals surface area contributed by atoms with Crippen LogP contribution < -0.4 is 10.5 Å². The molecule has 4 heteroatoms. The van der Waals surface area contributed by atoms with Crippen LogP contribution in [0.15, 0.2) is 53.1 Å². The molecule has 3 nitrogen and oxygen atoms in total. The summed E-state index contributed by atoms with van der Waals surface area (Å²) in [4.78, 5) is 0. The van der Waals surface area contributed by atoms with Gasteiger partial charge in [0.05, 0.1) is 6.26 Å². The molecule has 0 aliphatic carbocycles. The molecule has 0 atom stereocenters. The van der Waals surface area contributed by atoms with Gasteiger partial charge in [-0.25, -0.2) is 0 Å². The van der Waals surface area contributed by atoms with E-state index in [-0.39, 0.29) is 0 Å². The van der Waals surface area contributed by atoms with Gasteiger partial charge in [-0.3, -0.25) is 0 Å². The molecule has 102 valence electrons.